The van der Waals surface area contributed by atoms with Gasteiger partial charge in [0.1, 0.15) is 17.7 Å². The second kappa shape index (κ2) is 9.27. The standard InChI is InChI=1S/C22H27N5O4S/c1-13-8-15(18(29)12-28)10-23-20(13)26-6-7-27(14(2)11-26)22(30)25-21-24-17-5-4-16(31-3)9-19(17)32-21/h4-5,8-10,14,18,28-29H,6-7,11-12H2,1-3H3,(H,24,25,30)/t14-,18-/m1/s1. The first kappa shape index (κ1) is 22.3. The van der Waals surface area contributed by atoms with E-state index in [0.29, 0.717) is 30.3 Å². The van der Waals surface area contributed by atoms with Gasteiger partial charge in [0.25, 0.3) is 0 Å². The number of piperazine rings is 1. The molecule has 1 aliphatic heterocycles. The number of carbonyl (C=O) groups is 1. The van der Waals surface area contributed by atoms with Crippen LogP contribution < -0.4 is 15.0 Å². The first-order valence-corrected chi connectivity index (χ1v) is 11.2. The Bertz CT molecular complexity index is 1120. The Morgan fingerprint density at radius 2 is 2.19 bits per heavy atom. The number of nitrogens with one attached hydrogen (secondary N) is 1. The number of amides is 2. The number of hydrogen-bond acceptors (Lipinski definition) is 8. The SMILES string of the molecule is COc1ccc2nc(NC(=O)N3CCN(c4ncc([C@H](O)CO)cc4C)C[C@H]3C)sc2c1. The average molecular weight is 458 g/mol. The maximum atomic E-state index is 12.9. The lowest BCUT2D eigenvalue weighted by Crippen LogP contribution is -2.55. The first-order chi connectivity index (χ1) is 15.4. The van der Waals surface area contributed by atoms with Crippen molar-refractivity contribution in [2.24, 2.45) is 0 Å². The van der Waals surface area contributed by atoms with Crippen LogP contribution in [0.5, 0.6) is 5.75 Å². The van der Waals surface area contributed by atoms with E-state index in [2.05, 4.69) is 20.2 Å². The van der Waals surface area contributed by atoms with Gasteiger partial charge in [-0.3, -0.25) is 5.32 Å². The minimum absolute atomic E-state index is 0.0258. The molecule has 32 heavy (non-hydrogen) atoms. The number of hydrogen-bond donors (Lipinski definition) is 3. The number of urea groups is 1. The molecule has 2 aromatic heterocycles. The lowest BCUT2D eigenvalue weighted by atomic mass is 10.1. The molecule has 0 spiro atoms. The van der Waals surface area contributed by atoms with Crippen molar-refractivity contribution in [3.8, 4) is 5.75 Å². The summed E-state index contributed by atoms with van der Waals surface area (Å²) in [4.78, 5) is 25.9. The van der Waals surface area contributed by atoms with Crippen LogP contribution in [-0.2, 0) is 0 Å². The van der Waals surface area contributed by atoms with Crippen molar-refractivity contribution in [2.45, 2.75) is 26.0 Å². The lowest BCUT2D eigenvalue weighted by molar-refractivity contribution is 0.0953. The van der Waals surface area contributed by atoms with E-state index in [0.717, 1.165) is 27.3 Å². The summed E-state index contributed by atoms with van der Waals surface area (Å²) in [6.07, 6.45) is 0.660. The molecule has 9 nitrogen and oxygen atoms in total. The molecular formula is C22H27N5O4S. The van der Waals surface area contributed by atoms with Crippen LogP contribution in [0.2, 0.25) is 0 Å². The van der Waals surface area contributed by atoms with Crippen molar-refractivity contribution in [3.63, 3.8) is 0 Å². The number of thiazole rings is 1. The molecule has 0 radical (unpaired) electrons. The Morgan fingerprint density at radius 3 is 2.88 bits per heavy atom. The van der Waals surface area contributed by atoms with Crippen LogP contribution in [-0.4, -0.2) is 70.5 Å². The Kier molecular flexibility index (Phi) is 6.45. The quantitative estimate of drug-likeness (QED) is 0.540. The van der Waals surface area contributed by atoms with Gasteiger partial charge in [0, 0.05) is 37.4 Å². The summed E-state index contributed by atoms with van der Waals surface area (Å²) in [5.41, 5.74) is 2.33. The minimum Gasteiger partial charge on any atom is -0.497 e. The largest absolute Gasteiger partial charge is 0.497 e. The second-order valence-electron chi connectivity index (χ2n) is 7.88. The predicted octanol–water partition coefficient (Wildman–Crippen LogP) is 2.78. The van der Waals surface area contributed by atoms with Crippen molar-refractivity contribution in [3.05, 3.63) is 41.6 Å². The fourth-order valence-corrected chi connectivity index (χ4v) is 4.79. The Balaban J connectivity index is 1.41. The van der Waals surface area contributed by atoms with Crippen LogP contribution in [0.1, 0.15) is 24.2 Å². The van der Waals surface area contributed by atoms with Crippen LogP contribution >= 0.6 is 11.3 Å². The van der Waals surface area contributed by atoms with E-state index in [-0.39, 0.29) is 18.7 Å². The summed E-state index contributed by atoms with van der Waals surface area (Å²) < 4.78 is 6.20. The smallest absolute Gasteiger partial charge is 0.324 e. The number of aliphatic hydroxyl groups is 2. The molecule has 1 aliphatic rings. The van der Waals surface area contributed by atoms with Gasteiger partial charge in [-0.15, -0.1) is 0 Å². The highest BCUT2D eigenvalue weighted by Crippen LogP contribution is 2.30. The highest BCUT2D eigenvalue weighted by atomic mass is 32.1. The van der Waals surface area contributed by atoms with Gasteiger partial charge in [-0.05, 0) is 43.7 Å². The number of aryl methyl sites for hydroxylation is 1. The number of nitrogens with zero attached hydrogens (tertiary/aromatic N) is 4. The molecule has 1 aromatic carbocycles. The van der Waals surface area contributed by atoms with Gasteiger partial charge < -0.3 is 24.7 Å². The zero-order valence-electron chi connectivity index (χ0n) is 18.3. The first-order valence-electron chi connectivity index (χ1n) is 10.4. The van der Waals surface area contributed by atoms with Gasteiger partial charge in [-0.25, -0.2) is 14.8 Å². The summed E-state index contributed by atoms with van der Waals surface area (Å²) in [6.45, 7) is 5.43. The third-order valence-electron chi connectivity index (χ3n) is 5.63. The van der Waals surface area contributed by atoms with Crippen molar-refractivity contribution in [2.75, 3.05) is 43.6 Å². The van der Waals surface area contributed by atoms with Crippen LogP contribution in [0.4, 0.5) is 15.7 Å². The highest BCUT2D eigenvalue weighted by molar-refractivity contribution is 7.22. The zero-order chi connectivity index (χ0) is 22.8. The molecule has 10 heteroatoms. The number of carbonyl (C=O) groups excluding carboxylic acids is 1. The molecule has 4 rings (SSSR count). The van der Waals surface area contributed by atoms with Gasteiger partial charge in [0.15, 0.2) is 5.13 Å². The number of aromatic nitrogens is 2. The van der Waals surface area contributed by atoms with E-state index in [1.807, 2.05) is 43.0 Å². The van der Waals surface area contributed by atoms with Crippen molar-refractivity contribution < 1.29 is 19.7 Å². The molecular weight excluding hydrogens is 430 g/mol. The maximum absolute atomic E-state index is 12.9. The molecule has 3 heterocycles. The number of pyridine rings is 1. The minimum atomic E-state index is -0.932. The Morgan fingerprint density at radius 1 is 1.38 bits per heavy atom. The fourth-order valence-electron chi connectivity index (χ4n) is 3.91. The van der Waals surface area contributed by atoms with E-state index in [1.165, 1.54) is 11.3 Å². The Labute approximate surface area is 190 Å². The molecule has 2 amide bonds. The monoisotopic (exact) mass is 457 g/mol. The van der Waals surface area contributed by atoms with Crippen molar-refractivity contribution in [1.29, 1.82) is 0 Å². The van der Waals surface area contributed by atoms with E-state index in [4.69, 9.17) is 9.84 Å². The molecule has 0 saturated carbocycles. The van der Waals surface area contributed by atoms with E-state index in [1.54, 1.807) is 13.3 Å². The average Bonchev–Trinajstić information content (AvgIpc) is 3.19. The zero-order valence-corrected chi connectivity index (χ0v) is 19.1. The highest BCUT2D eigenvalue weighted by Gasteiger charge is 2.29. The topological polar surface area (TPSA) is 111 Å². The van der Waals surface area contributed by atoms with Gasteiger partial charge in [-0.2, -0.15) is 0 Å². The molecule has 3 aromatic rings. The normalized spacial score (nSPS) is 17.5. The van der Waals surface area contributed by atoms with E-state index >= 15 is 0 Å². The van der Waals surface area contributed by atoms with E-state index in [9.17, 15) is 9.90 Å². The predicted molar refractivity (Wildman–Crippen MR) is 125 cm³/mol. The Hall–Kier alpha value is -2.95. The number of ether oxygens (including phenoxy) is 1. The summed E-state index contributed by atoms with van der Waals surface area (Å²) in [6, 6.07) is 7.28. The van der Waals surface area contributed by atoms with Crippen molar-refractivity contribution in [1.82, 2.24) is 14.9 Å². The lowest BCUT2D eigenvalue weighted by Gasteiger charge is -2.40. The van der Waals surface area contributed by atoms with Crippen LogP contribution in [0.3, 0.4) is 0 Å². The number of fused-ring (bicyclic) bond motifs is 1. The molecule has 3 N–H and O–H groups in total. The summed E-state index contributed by atoms with van der Waals surface area (Å²) >= 11 is 1.42. The number of rotatable bonds is 5. The second-order valence-corrected chi connectivity index (χ2v) is 8.91. The van der Waals surface area contributed by atoms with Gasteiger partial charge in [-0.1, -0.05) is 11.3 Å². The van der Waals surface area contributed by atoms with Crippen LogP contribution in [0.15, 0.2) is 30.5 Å². The number of anilines is 2. The molecule has 2 atom stereocenters. The number of methoxy groups -OCH3 is 1. The molecule has 0 aliphatic carbocycles. The van der Waals surface area contributed by atoms with E-state index < -0.39 is 6.10 Å². The molecule has 0 unspecified atom stereocenters. The van der Waals surface area contributed by atoms with Crippen molar-refractivity contribution >= 4 is 38.5 Å². The summed E-state index contributed by atoms with van der Waals surface area (Å²) in [7, 11) is 1.62. The summed E-state index contributed by atoms with van der Waals surface area (Å²) in [5.74, 6) is 1.58. The summed E-state index contributed by atoms with van der Waals surface area (Å²) in [5, 5.41) is 22.5. The number of benzene rings is 1. The molecule has 1 fully saturated rings. The van der Waals surface area contributed by atoms with Gasteiger partial charge in [0.2, 0.25) is 0 Å². The third-order valence-corrected chi connectivity index (χ3v) is 6.56. The molecule has 0 bridgehead atoms. The molecule has 170 valence electrons. The van der Waals surface area contributed by atoms with Gasteiger partial charge >= 0.3 is 6.03 Å². The number of aliphatic hydroxyl groups excluding tert-OH is 2. The van der Waals surface area contributed by atoms with Crippen LogP contribution in [0, 0.1) is 6.92 Å². The molecule has 1 saturated heterocycles. The van der Waals surface area contributed by atoms with Crippen LogP contribution in [0.25, 0.3) is 10.2 Å². The third kappa shape index (κ3) is 4.47. The van der Waals surface area contributed by atoms with Gasteiger partial charge in [0.05, 0.1) is 23.9 Å². The fraction of sp³-hybridized carbons (Fsp3) is 0.409. The maximum Gasteiger partial charge on any atom is 0.324 e.